The number of fused-ring (bicyclic) bond motifs is 1. The highest BCUT2D eigenvalue weighted by Gasteiger charge is 2.32. The molecule has 5 rings (SSSR count). The molecule has 6 nitrogen and oxygen atoms in total. The molecule has 0 aliphatic heterocycles. The number of ether oxygens (including phenoxy) is 1. The van der Waals surface area contributed by atoms with E-state index in [2.05, 4.69) is 5.32 Å². The Balaban J connectivity index is 1.52. The first-order chi connectivity index (χ1) is 19.2. The molecular formula is C31H33ClN2O4S2. The molecule has 3 aromatic carbocycles. The van der Waals surface area contributed by atoms with Crippen LogP contribution in [0.15, 0.2) is 71.6 Å². The first-order valence-electron chi connectivity index (χ1n) is 13.3. The van der Waals surface area contributed by atoms with Gasteiger partial charge in [0, 0.05) is 40.5 Å². The van der Waals surface area contributed by atoms with Gasteiger partial charge in [0.2, 0.25) is 0 Å². The largest absolute Gasteiger partial charge is 0.496 e. The number of nitrogens with one attached hydrogen (secondary N) is 1. The van der Waals surface area contributed by atoms with Crippen molar-refractivity contribution in [2.24, 2.45) is 0 Å². The molecule has 40 heavy (non-hydrogen) atoms. The van der Waals surface area contributed by atoms with Crippen LogP contribution in [-0.4, -0.2) is 51.7 Å². The summed E-state index contributed by atoms with van der Waals surface area (Å²) < 4.78 is 30.6. The van der Waals surface area contributed by atoms with E-state index >= 15 is 0 Å². The minimum Gasteiger partial charge on any atom is -0.496 e. The zero-order valence-electron chi connectivity index (χ0n) is 22.8. The Morgan fingerprint density at radius 3 is 2.33 bits per heavy atom. The monoisotopic (exact) mass is 596 g/mol. The molecule has 0 unspecified atom stereocenters. The van der Waals surface area contributed by atoms with Gasteiger partial charge in [0.05, 0.1) is 17.0 Å². The van der Waals surface area contributed by atoms with Gasteiger partial charge >= 0.3 is 0 Å². The van der Waals surface area contributed by atoms with E-state index < -0.39 is 9.84 Å². The van der Waals surface area contributed by atoms with Crippen molar-refractivity contribution in [3.63, 3.8) is 0 Å². The molecule has 1 saturated carbocycles. The maximum absolute atomic E-state index is 14.2. The van der Waals surface area contributed by atoms with E-state index in [9.17, 15) is 13.2 Å². The van der Waals surface area contributed by atoms with Crippen LogP contribution in [0.1, 0.15) is 40.9 Å². The summed E-state index contributed by atoms with van der Waals surface area (Å²) in [5.74, 6) is 0.629. The maximum atomic E-state index is 14.2. The molecule has 1 amide bonds. The van der Waals surface area contributed by atoms with E-state index in [4.69, 9.17) is 16.3 Å². The first kappa shape index (κ1) is 28.6. The molecule has 1 aliphatic rings. The Kier molecular flexibility index (Phi) is 8.52. The number of nitrogens with zero attached hydrogens (tertiary/aromatic N) is 1. The summed E-state index contributed by atoms with van der Waals surface area (Å²) in [6.45, 7) is 0.372. The Hall–Kier alpha value is -2.91. The Labute approximate surface area is 244 Å². The van der Waals surface area contributed by atoms with Crippen molar-refractivity contribution >= 4 is 48.8 Å². The fourth-order valence-electron chi connectivity index (χ4n) is 5.48. The van der Waals surface area contributed by atoms with Gasteiger partial charge in [-0.15, -0.1) is 11.3 Å². The van der Waals surface area contributed by atoms with Gasteiger partial charge in [0.25, 0.3) is 5.91 Å². The van der Waals surface area contributed by atoms with Crippen molar-refractivity contribution in [2.75, 3.05) is 20.4 Å². The summed E-state index contributed by atoms with van der Waals surface area (Å²) >= 11 is 8.21. The topological polar surface area (TPSA) is 75.7 Å². The fourth-order valence-corrected chi connectivity index (χ4v) is 7.58. The third-order valence-corrected chi connectivity index (χ3v) is 10.6. The SMILES string of the molecule is CN[C@H]1CC[C@@H](N(Cc2cc(-c3ccc(S(C)(=O)=O)cc3)ccc2OC)C(=O)c2sc3ccccc3c2Cl)CC1. The van der Waals surface area contributed by atoms with Crippen LogP contribution in [0.2, 0.25) is 5.02 Å². The second-order valence-electron chi connectivity index (χ2n) is 10.3. The summed E-state index contributed by atoms with van der Waals surface area (Å²) in [5, 5.41) is 4.78. The molecule has 0 saturated heterocycles. The molecule has 0 radical (unpaired) electrons. The minimum absolute atomic E-state index is 0.0657. The summed E-state index contributed by atoms with van der Waals surface area (Å²) in [4.78, 5) is 17.0. The second kappa shape index (κ2) is 11.9. The van der Waals surface area contributed by atoms with Crippen molar-refractivity contribution in [2.45, 2.75) is 49.2 Å². The summed E-state index contributed by atoms with van der Waals surface area (Å²) in [5.41, 5.74) is 2.69. The van der Waals surface area contributed by atoms with Crippen molar-refractivity contribution in [3.05, 3.63) is 82.2 Å². The molecule has 9 heteroatoms. The lowest BCUT2D eigenvalue weighted by molar-refractivity contribution is 0.0604. The van der Waals surface area contributed by atoms with Crippen LogP contribution in [0.25, 0.3) is 21.2 Å². The van der Waals surface area contributed by atoms with Crippen molar-refractivity contribution in [3.8, 4) is 16.9 Å². The fraction of sp³-hybridized carbons (Fsp3) is 0.323. The number of benzene rings is 3. The quantitative estimate of drug-likeness (QED) is 0.242. The normalized spacial score (nSPS) is 17.6. The number of methoxy groups -OCH3 is 1. The molecule has 1 N–H and O–H groups in total. The van der Waals surface area contributed by atoms with Crippen molar-refractivity contribution in [1.82, 2.24) is 10.2 Å². The van der Waals surface area contributed by atoms with Gasteiger partial charge in [-0.1, -0.05) is 48.0 Å². The van der Waals surface area contributed by atoms with E-state index in [0.717, 1.165) is 52.5 Å². The predicted molar refractivity (Wildman–Crippen MR) is 163 cm³/mol. The molecule has 1 aliphatic carbocycles. The molecule has 0 bridgehead atoms. The third kappa shape index (κ3) is 5.91. The average molecular weight is 597 g/mol. The molecule has 0 atom stereocenters. The lowest BCUT2D eigenvalue weighted by Gasteiger charge is -2.37. The third-order valence-electron chi connectivity index (χ3n) is 7.77. The van der Waals surface area contributed by atoms with Gasteiger partial charge in [0.1, 0.15) is 10.6 Å². The van der Waals surface area contributed by atoms with Gasteiger partial charge in [-0.2, -0.15) is 0 Å². The van der Waals surface area contributed by atoms with Gasteiger partial charge in [-0.3, -0.25) is 4.79 Å². The Bertz CT molecular complexity index is 1630. The molecule has 210 valence electrons. The molecule has 1 aromatic heterocycles. The van der Waals surface area contributed by atoms with Crippen LogP contribution < -0.4 is 10.1 Å². The number of hydrogen-bond acceptors (Lipinski definition) is 6. The highest BCUT2D eigenvalue weighted by atomic mass is 35.5. The summed E-state index contributed by atoms with van der Waals surface area (Å²) in [7, 11) is 0.339. The maximum Gasteiger partial charge on any atom is 0.266 e. The molecule has 4 aromatic rings. The lowest BCUT2D eigenvalue weighted by atomic mass is 9.89. The molecule has 1 fully saturated rings. The molecular weight excluding hydrogens is 564 g/mol. The van der Waals surface area contributed by atoms with Gasteiger partial charge < -0.3 is 15.0 Å². The van der Waals surface area contributed by atoms with E-state index in [0.29, 0.717) is 28.2 Å². The van der Waals surface area contributed by atoms with Crippen LogP contribution in [0, 0.1) is 0 Å². The van der Waals surface area contributed by atoms with E-state index in [-0.39, 0.29) is 16.8 Å². The van der Waals surface area contributed by atoms with Crippen LogP contribution >= 0.6 is 22.9 Å². The Morgan fingerprint density at radius 2 is 1.70 bits per heavy atom. The Morgan fingerprint density at radius 1 is 1.02 bits per heavy atom. The van der Waals surface area contributed by atoms with Gasteiger partial charge in [-0.05, 0) is 74.2 Å². The number of thiophene rings is 1. The van der Waals surface area contributed by atoms with Gasteiger partial charge in [0.15, 0.2) is 9.84 Å². The van der Waals surface area contributed by atoms with Crippen LogP contribution in [0.4, 0.5) is 0 Å². The summed E-state index contributed by atoms with van der Waals surface area (Å²) in [6.07, 6.45) is 4.99. The van der Waals surface area contributed by atoms with Crippen LogP contribution in [0.5, 0.6) is 5.75 Å². The van der Waals surface area contributed by atoms with Crippen LogP contribution in [0.3, 0.4) is 0 Å². The smallest absolute Gasteiger partial charge is 0.266 e. The average Bonchev–Trinajstić information content (AvgIpc) is 3.31. The second-order valence-corrected chi connectivity index (χ2v) is 13.7. The number of hydrogen-bond donors (Lipinski definition) is 1. The van der Waals surface area contributed by atoms with Gasteiger partial charge in [-0.25, -0.2) is 8.42 Å². The number of carbonyl (C=O) groups is 1. The van der Waals surface area contributed by atoms with E-state index in [1.165, 1.54) is 17.6 Å². The van der Waals surface area contributed by atoms with Crippen LogP contribution in [-0.2, 0) is 16.4 Å². The number of sulfone groups is 1. The minimum atomic E-state index is -3.28. The van der Waals surface area contributed by atoms with Crippen molar-refractivity contribution < 1.29 is 17.9 Å². The standard InChI is InChI=1S/C31H33ClN2O4S2/c1-33-23-11-13-24(14-12-23)34(31(35)30-29(32)26-6-4-5-7-28(26)39-30)19-22-18-21(10-17-27(22)38-2)20-8-15-25(16-9-20)40(3,36)37/h4-10,15-18,23-24,33H,11-14,19H2,1-3H3/t23-,24+. The zero-order valence-corrected chi connectivity index (χ0v) is 25.2. The van der Waals surface area contributed by atoms with E-state index in [1.807, 2.05) is 54.4 Å². The number of halogens is 1. The summed E-state index contributed by atoms with van der Waals surface area (Å²) in [6, 6.07) is 21.1. The molecule has 1 heterocycles. The highest BCUT2D eigenvalue weighted by Crippen LogP contribution is 2.38. The molecule has 0 spiro atoms. The number of amides is 1. The highest BCUT2D eigenvalue weighted by molar-refractivity contribution is 7.90. The number of carbonyl (C=O) groups excluding carboxylic acids is 1. The zero-order chi connectivity index (χ0) is 28.4. The van der Waals surface area contributed by atoms with Crippen molar-refractivity contribution in [1.29, 1.82) is 0 Å². The lowest BCUT2D eigenvalue weighted by Crippen LogP contribution is -2.44. The predicted octanol–water partition coefficient (Wildman–Crippen LogP) is 6.81. The first-order valence-corrected chi connectivity index (χ1v) is 16.4. The van der Waals surface area contributed by atoms with E-state index in [1.54, 1.807) is 31.4 Å². The number of rotatable bonds is 8.